The maximum Gasteiger partial charge on any atom is 0.243 e. The summed E-state index contributed by atoms with van der Waals surface area (Å²) in [5, 5.41) is 9.15. The normalized spacial score (nSPS) is 11.8. The summed E-state index contributed by atoms with van der Waals surface area (Å²) in [5.74, 6) is 1.22. The summed E-state index contributed by atoms with van der Waals surface area (Å²) in [4.78, 5) is 29.7. The van der Waals surface area contributed by atoms with Gasteiger partial charge in [0.1, 0.15) is 12.3 Å². The van der Waals surface area contributed by atoms with Crippen LogP contribution in [0.25, 0.3) is 0 Å². The van der Waals surface area contributed by atoms with E-state index in [9.17, 15) is 9.59 Å². The van der Waals surface area contributed by atoms with Crippen LogP contribution in [0.5, 0.6) is 0 Å². The van der Waals surface area contributed by atoms with E-state index in [1.165, 1.54) is 4.90 Å². The lowest BCUT2D eigenvalue weighted by atomic mass is 9.92. The zero-order valence-electron chi connectivity index (χ0n) is 16.4. The van der Waals surface area contributed by atoms with E-state index in [2.05, 4.69) is 20.9 Å². The molecule has 1 aromatic rings. The SMILES string of the molecule is CCNC(=O)C(C)(C)CNC(=NCC(=O)N(C)C)NCCc1ccco1. The van der Waals surface area contributed by atoms with Crippen molar-refractivity contribution in [3.63, 3.8) is 0 Å². The van der Waals surface area contributed by atoms with E-state index < -0.39 is 5.41 Å². The highest BCUT2D eigenvalue weighted by molar-refractivity contribution is 5.86. The molecular weight excluding hydrogens is 334 g/mol. The van der Waals surface area contributed by atoms with Crippen molar-refractivity contribution in [3.8, 4) is 0 Å². The highest BCUT2D eigenvalue weighted by atomic mass is 16.3. The van der Waals surface area contributed by atoms with Crippen molar-refractivity contribution in [1.29, 1.82) is 0 Å². The maximum atomic E-state index is 12.1. The van der Waals surface area contributed by atoms with Crippen molar-refractivity contribution in [2.45, 2.75) is 27.2 Å². The molecule has 0 fully saturated rings. The lowest BCUT2D eigenvalue weighted by Crippen LogP contribution is -2.48. The van der Waals surface area contributed by atoms with Crippen molar-refractivity contribution < 1.29 is 14.0 Å². The lowest BCUT2D eigenvalue weighted by molar-refractivity contribution is -0.129. The van der Waals surface area contributed by atoms with E-state index in [0.717, 1.165) is 5.76 Å². The molecule has 146 valence electrons. The number of rotatable bonds is 9. The molecule has 8 nitrogen and oxygen atoms in total. The topological polar surface area (TPSA) is 99.0 Å². The van der Waals surface area contributed by atoms with E-state index in [1.54, 1.807) is 20.4 Å². The second-order valence-electron chi connectivity index (χ2n) is 6.81. The first kappa shape index (κ1) is 21.5. The van der Waals surface area contributed by atoms with Gasteiger partial charge in [0.25, 0.3) is 0 Å². The second kappa shape index (κ2) is 10.5. The number of aliphatic imine (C=N–C) groups is 1. The minimum absolute atomic E-state index is 0.0324. The molecule has 0 spiro atoms. The molecular formula is C18H31N5O3. The number of hydrogen-bond acceptors (Lipinski definition) is 4. The summed E-state index contributed by atoms with van der Waals surface area (Å²) in [7, 11) is 3.38. The molecule has 0 unspecified atom stereocenters. The van der Waals surface area contributed by atoms with Crippen LogP contribution in [0.4, 0.5) is 0 Å². The fraction of sp³-hybridized carbons (Fsp3) is 0.611. The van der Waals surface area contributed by atoms with E-state index in [0.29, 0.717) is 32.0 Å². The Labute approximate surface area is 155 Å². The fourth-order valence-corrected chi connectivity index (χ4v) is 2.01. The van der Waals surface area contributed by atoms with Crippen LogP contribution in [0.2, 0.25) is 0 Å². The Bertz CT molecular complexity index is 594. The number of guanidine groups is 1. The lowest BCUT2D eigenvalue weighted by Gasteiger charge is -2.25. The van der Waals surface area contributed by atoms with Crippen LogP contribution < -0.4 is 16.0 Å². The van der Waals surface area contributed by atoms with Crippen molar-refractivity contribution in [3.05, 3.63) is 24.2 Å². The van der Waals surface area contributed by atoms with Crippen molar-refractivity contribution in [2.24, 2.45) is 10.4 Å². The molecule has 0 aromatic carbocycles. The molecule has 0 aliphatic rings. The fourth-order valence-electron chi connectivity index (χ4n) is 2.01. The van der Waals surface area contributed by atoms with Gasteiger partial charge in [0, 0.05) is 40.2 Å². The molecule has 0 aliphatic carbocycles. The predicted octanol–water partition coefficient (Wildman–Crippen LogP) is 0.608. The van der Waals surface area contributed by atoms with Gasteiger partial charge < -0.3 is 25.3 Å². The molecule has 0 atom stereocenters. The van der Waals surface area contributed by atoms with Crippen molar-refractivity contribution in [1.82, 2.24) is 20.9 Å². The van der Waals surface area contributed by atoms with E-state index in [4.69, 9.17) is 4.42 Å². The highest BCUT2D eigenvalue weighted by Crippen LogP contribution is 2.13. The smallest absolute Gasteiger partial charge is 0.243 e. The van der Waals surface area contributed by atoms with E-state index in [1.807, 2.05) is 32.9 Å². The standard InChI is InChI=1S/C18H31N5O3/c1-6-19-16(25)18(2,3)13-22-17(21-12-15(24)23(4)5)20-10-9-14-8-7-11-26-14/h7-8,11H,6,9-10,12-13H2,1-5H3,(H,19,25)(H2,20,21,22). The predicted molar refractivity (Wildman–Crippen MR) is 102 cm³/mol. The Morgan fingerprint density at radius 1 is 1.23 bits per heavy atom. The third-order valence-electron chi connectivity index (χ3n) is 3.76. The van der Waals surface area contributed by atoms with Gasteiger partial charge >= 0.3 is 0 Å². The molecule has 2 amide bonds. The molecule has 1 heterocycles. The van der Waals surface area contributed by atoms with Crippen LogP contribution in [-0.2, 0) is 16.0 Å². The first-order chi connectivity index (χ1) is 12.3. The Morgan fingerprint density at radius 3 is 2.54 bits per heavy atom. The third kappa shape index (κ3) is 7.58. The quantitative estimate of drug-likeness (QED) is 0.440. The average molecular weight is 365 g/mol. The highest BCUT2D eigenvalue weighted by Gasteiger charge is 2.27. The van der Waals surface area contributed by atoms with Crippen LogP contribution in [0.15, 0.2) is 27.8 Å². The van der Waals surface area contributed by atoms with Crippen molar-refractivity contribution in [2.75, 3.05) is 40.3 Å². The zero-order valence-corrected chi connectivity index (χ0v) is 16.4. The van der Waals surface area contributed by atoms with Crippen LogP contribution in [0.3, 0.4) is 0 Å². The first-order valence-electron chi connectivity index (χ1n) is 8.79. The Morgan fingerprint density at radius 2 is 1.96 bits per heavy atom. The Kier molecular flexibility index (Phi) is 8.67. The molecule has 1 aromatic heterocycles. The summed E-state index contributed by atoms with van der Waals surface area (Å²) >= 11 is 0. The van der Waals surface area contributed by atoms with Crippen LogP contribution in [0.1, 0.15) is 26.5 Å². The summed E-state index contributed by atoms with van der Waals surface area (Å²) in [6.07, 6.45) is 2.32. The molecule has 3 N–H and O–H groups in total. The van der Waals surface area contributed by atoms with Gasteiger partial charge in [0.15, 0.2) is 5.96 Å². The number of carbonyl (C=O) groups is 2. The number of carbonyl (C=O) groups excluding carboxylic acids is 2. The minimum atomic E-state index is -0.606. The van der Waals surface area contributed by atoms with Gasteiger partial charge in [-0.15, -0.1) is 0 Å². The average Bonchev–Trinajstić information content (AvgIpc) is 3.10. The Balaban J connectivity index is 2.65. The zero-order chi connectivity index (χ0) is 19.6. The molecule has 0 saturated heterocycles. The third-order valence-corrected chi connectivity index (χ3v) is 3.76. The van der Waals surface area contributed by atoms with Gasteiger partial charge in [-0.1, -0.05) is 0 Å². The summed E-state index contributed by atoms with van der Waals surface area (Å²) in [6.45, 7) is 7.20. The number of furan rings is 1. The minimum Gasteiger partial charge on any atom is -0.469 e. The Hall–Kier alpha value is -2.51. The number of amides is 2. The molecule has 8 heteroatoms. The van der Waals surface area contributed by atoms with Gasteiger partial charge in [0.2, 0.25) is 11.8 Å². The number of nitrogens with one attached hydrogen (secondary N) is 3. The van der Waals surface area contributed by atoms with Gasteiger partial charge in [0.05, 0.1) is 11.7 Å². The molecule has 0 saturated carbocycles. The largest absolute Gasteiger partial charge is 0.469 e. The maximum absolute atomic E-state index is 12.1. The van der Waals surface area contributed by atoms with Crippen LogP contribution in [-0.4, -0.2) is 62.9 Å². The van der Waals surface area contributed by atoms with E-state index >= 15 is 0 Å². The number of hydrogen-bond donors (Lipinski definition) is 3. The number of nitrogens with zero attached hydrogens (tertiary/aromatic N) is 2. The molecule has 0 bridgehead atoms. The monoisotopic (exact) mass is 365 g/mol. The first-order valence-corrected chi connectivity index (χ1v) is 8.79. The van der Waals surface area contributed by atoms with Gasteiger partial charge in [-0.2, -0.15) is 0 Å². The van der Waals surface area contributed by atoms with Crippen LogP contribution in [0, 0.1) is 5.41 Å². The van der Waals surface area contributed by atoms with Gasteiger partial charge in [-0.3, -0.25) is 9.59 Å². The van der Waals surface area contributed by atoms with Crippen LogP contribution >= 0.6 is 0 Å². The summed E-state index contributed by atoms with van der Waals surface area (Å²) in [6, 6.07) is 3.74. The second-order valence-corrected chi connectivity index (χ2v) is 6.81. The van der Waals surface area contributed by atoms with Gasteiger partial charge in [-0.05, 0) is 32.9 Å². The molecule has 26 heavy (non-hydrogen) atoms. The molecule has 1 rings (SSSR count). The summed E-state index contributed by atoms with van der Waals surface area (Å²) in [5.41, 5.74) is -0.606. The molecule has 0 aliphatic heterocycles. The summed E-state index contributed by atoms with van der Waals surface area (Å²) < 4.78 is 5.30. The van der Waals surface area contributed by atoms with Gasteiger partial charge in [-0.25, -0.2) is 4.99 Å². The number of likely N-dealkylation sites (N-methyl/N-ethyl adjacent to an activating group) is 1. The van der Waals surface area contributed by atoms with Crippen molar-refractivity contribution >= 4 is 17.8 Å². The molecule has 0 radical (unpaired) electrons. The van der Waals surface area contributed by atoms with E-state index in [-0.39, 0.29) is 18.4 Å².